The van der Waals surface area contributed by atoms with E-state index < -0.39 is 0 Å². The van der Waals surface area contributed by atoms with E-state index in [0.29, 0.717) is 19.8 Å². The van der Waals surface area contributed by atoms with Crippen molar-refractivity contribution in [3.63, 3.8) is 0 Å². The van der Waals surface area contributed by atoms with Crippen LogP contribution in [0.15, 0.2) is 36.7 Å². The first-order valence-electron chi connectivity index (χ1n) is 11.0. The van der Waals surface area contributed by atoms with E-state index in [1.807, 2.05) is 24.3 Å². The van der Waals surface area contributed by atoms with Gasteiger partial charge in [-0.15, -0.1) is 0 Å². The Morgan fingerprint density at radius 2 is 1.77 bits per heavy atom. The quantitative estimate of drug-likeness (QED) is 0.761. The van der Waals surface area contributed by atoms with E-state index in [1.165, 1.54) is 0 Å². The number of carbonyl (C=O) groups is 1. The molecule has 1 aromatic carbocycles. The monoisotopic (exact) mass is 425 g/mol. The van der Waals surface area contributed by atoms with Crippen LogP contribution in [0.5, 0.6) is 11.5 Å². The summed E-state index contributed by atoms with van der Waals surface area (Å²) in [5, 5.41) is 3.23. The smallest absolute Gasteiger partial charge is 0.234 e. The summed E-state index contributed by atoms with van der Waals surface area (Å²) in [6.45, 7) is 9.18. The number of fused-ring (bicyclic) bond motifs is 1. The summed E-state index contributed by atoms with van der Waals surface area (Å²) < 4.78 is 11.6. The van der Waals surface area contributed by atoms with Gasteiger partial charge in [0.1, 0.15) is 0 Å². The molecule has 1 N–H and O–H groups in total. The molecule has 0 bridgehead atoms. The topological polar surface area (TPSA) is 79.8 Å². The van der Waals surface area contributed by atoms with Gasteiger partial charge in [-0.25, -0.2) is 9.97 Å². The number of hydrogen-bond acceptors (Lipinski definition) is 7. The molecule has 0 radical (unpaired) electrons. The number of anilines is 1. The first-order valence-corrected chi connectivity index (χ1v) is 11.0. The molecule has 2 aliphatic rings. The SMILES string of the molecule is CC(C)[C@@H](NC(=O)CN1CCN(c2ncccn2)CC1)c1ccc2c(c1)OCCCO2. The summed E-state index contributed by atoms with van der Waals surface area (Å²) in [6.07, 6.45) is 4.39. The lowest BCUT2D eigenvalue weighted by Gasteiger charge is -2.34. The Kier molecular flexibility index (Phi) is 6.86. The van der Waals surface area contributed by atoms with E-state index in [4.69, 9.17) is 9.47 Å². The lowest BCUT2D eigenvalue weighted by molar-refractivity contribution is -0.123. The van der Waals surface area contributed by atoms with Gasteiger partial charge in [0.25, 0.3) is 0 Å². The van der Waals surface area contributed by atoms with Crippen LogP contribution in [0.2, 0.25) is 0 Å². The van der Waals surface area contributed by atoms with Crippen LogP contribution in [0.1, 0.15) is 31.9 Å². The number of benzene rings is 1. The minimum Gasteiger partial charge on any atom is -0.490 e. The summed E-state index contributed by atoms with van der Waals surface area (Å²) in [5.41, 5.74) is 1.04. The molecule has 1 atom stereocenters. The Labute approximate surface area is 183 Å². The average molecular weight is 426 g/mol. The fraction of sp³-hybridized carbons (Fsp3) is 0.522. The van der Waals surface area contributed by atoms with E-state index in [1.54, 1.807) is 12.4 Å². The standard InChI is InChI=1S/C23H31N5O3/c1-17(2)22(18-5-6-19-20(15-18)31-14-4-13-30-19)26-21(29)16-27-9-11-28(12-10-27)23-24-7-3-8-25-23/h3,5-8,15,17,22H,4,9-14,16H2,1-2H3,(H,26,29)/t22-/m1/s1. The number of carbonyl (C=O) groups excluding carboxylic acids is 1. The van der Waals surface area contributed by atoms with Gasteiger partial charge in [0.05, 0.1) is 25.8 Å². The van der Waals surface area contributed by atoms with Crippen LogP contribution in [0.25, 0.3) is 0 Å². The summed E-state index contributed by atoms with van der Waals surface area (Å²) in [6, 6.07) is 7.71. The lowest BCUT2D eigenvalue weighted by atomic mass is 9.95. The van der Waals surface area contributed by atoms with Crippen LogP contribution in [0, 0.1) is 5.92 Å². The zero-order valence-corrected chi connectivity index (χ0v) is 18.3. The van der Waals surface area contributed by atoms with Crippen molar-refractivity contribution in [3.05, 3.63) is 42.2 Å². The number of ether oxygens (including phenoxy) is 2. The molecule has 166 valence electrons. The fourth-order valence-corrected chi connectivity index (χ4v) is 3.99. The first-order chi connectivity index (χ1) is 15.1. The molecule has 31 heavy (non-hydrogen) atoms. The molecular weight excluding hydrogens is 394 g/mol. The van der Waals surface area contributed by atoms with E-state index >= 15 is 0 Å². The molecule has 1 fully saturated rings. The highest BCUT2D eigenvalue weighted by Gasteiger charge is 2.24. The third kappa shape index (κ3) is 5.44. The Morgan fingerprint density at radius 1 is 1.06 bits per heavy atom. The van der Waals surface area contributed by atoms with E-state index in [0.717, 1.165) is 55.6 Å². The number of aromatic nitrogens is 2. The maximum absolute atomic E-state index is 12.8. The Balaban J connectivity index is 1.34. The predicted molar refractivity (Wildman–Crippen MR) is 118 cm³/mol. The van der Waals surface area contributed by atoms with Gasteiger partial charge >= 0.3 is 0 Å². The van der Waals surface area contributed by atoms with Crippen LogP contribution in [0.4, 0.5) is 5.95 Å². The van der Waals surface area contributed by atoms with Gasteiger partial charge < -0.3 is 19.7 Å². The van der Waals surface area contributed by atoms with E-state index in [-0.39, 0.29) is 17.9 Å². The van der Waals surface area contributed by atoms with Crippen molar-refractivity contribution in [1.82, 2.24) is 20.2 Å². The van der Waals surface area contributed by atoms with Gasteiger partial charge in [0, 0.05) is 45.0 Å². The molecule has 8 heteroatoms. The number of piperazine rings is 1. The Bertz CT molecular complexity index is 869. The second-order valence-corrected chi connectivity index (χ2v) is 8.36. The van der Waals surface area contributed by atoms with Crippen molar-refractivity contribution in [2.45, 2.75) is 26.3 Å². The van der Waals surface area contributed by atoms with Crippen LogP contribution >= 0.6 is 0 Å². The highest BCUT2D eigenvalue weighted by atomic mass is 16.5. The maximum atomic E-state index is 12.8. The number of hydrogen-bond donors (Lipinski definition) is 1. The van der Waals surface area contributed by atoms with Crippen molar-refractivity contribution >= 4 is 11.9 Å². The molecule has 1 saturated heterocycles. The molecular formula is C23H31N5O3. The first kappa shape index (κ1) is 21.4. The summed E-state index contributed by atoms with van der Waals surface area (Å²) in [4.78, 5) is 25.8. The zero-order valence-electron chi connectivity index (χ0n) is 18.3. The predicted octanol–water partition coefficient (Wildman–Crippen LogP) is 2.27. The third-order valence-corrected chi connectivity index (χ3v) is 5.69. The molecule has 8 nitrogen and oxygen atoms in total. The molecule has 2 aliphatic heterocycles. The van der Waals surface area contributed by atoms with Gasteiger partial charge in [-0.2, -0.15) is 0 Å². The number of nitrogens with one attached hydrogen (secondary N) is 1. The van der Waals surface area contributed by atoms with E-state index in [9.17, 15) is 4.79 Å². The maximum Gasteiger partial charge on any atom is 0.234 e. The number of amides is 1. The molecule has 0 unspecified atom stereocenters. The van der Waals surface area contributed by atoms with Crippen molar-refractivity contribution in [1.29, 1.82) is 0 Å². The molecule has 0 saturated carbocycles. The minimum atomic E-state index is -0.0799. The minimum absolute atomic E-state index is 0.0372. The Hall–Kier alpha value is -2.87. The largest absolute Gasteiger partial charge is 0.490 e. The molecule has 0 spiro atoms. The van der Waals surface area contributed by atoms with Crippen LogP contribution in [-0.2, 0) is 4.79 Å². The van der Waals surface area contributed by atoms with Crippen LogP contribution < -0.4 is 19.7 Å². The average Bonchev–Trinajstić information content (AvgIpc) is 3.03. The summed E-state index contributed by atoms with van der Waals surface area (Å²) in [7, 11) is 0. The molecule has 1 amide bonds. The molecule has 3 heterocycles. The lowest BCUT2D eigenvalue weighted by Crippen LogP contribution is -2.50. The number of rotatable bonds is 6. The molecule has 2 aromatic rings. The van der Waals surface area contributed by atoms with Gasteiger partial charge in [-0.3, -0.25) is 9.69 Å². The molecule has 4 rings (SSSR count). The zero-order chi connectivity index (χ0) is 21.6. The van der Waals surface area contributed by atoms with Gasteiger partial charge in [-0.1, -0.05) is 19.9 Å². The fourth-order valence-electron chi connectivity index (χ4n) is 3.99. The highest BCUT2D eigenvalue weighted by molar-refractivity contribution is 5.78. The van der Waals surface area contributed by atoms with Crippen LogP contribution in [0.3, 0.4) is 0 Å². The van der Waals surface area contributed by atoms with Crippen LogP contribution in [-0.4, -0.2) is 66.7 Å². The second kappa shape index (κ2) is 9.96. The highest BCUT2D eigenvalue weighted by Crippen LogP contribution is 2.34. The summed E-state index contributed by atoms with van der Waals surface area (Å²) in [5.74, 6) is 2.57. The Morgan fingerprint density at radius 3 is 2.48 bits per heavy atom. The third-order valence-electron chi connectivity index (χ3n) is 5.69. The summed E-state index contributed by atoms with van der Waals surface area (Å²) >= 11 is 0. The van der Waals surface area contributed by atoms with E-state index in [2.05, 4.69) is 38.9 Å². The molecule has 0 aliphatic carbocycles. The van der Waals surface area contributed by atoms with Gasteiger partial charge in [0.15, 0.2) is 11.5 Å². The van der Waals surface area contributed by atoms with Crippen molar-refractivity contribution in [2.75, 3.05) is 50.8 Å². The van der Waals surface area contributed by atoms with Crippen molar-refractivity contribution in [2.24, 2.45) is 5.92 Å². The van der Waals surface area contributed by atoms with Crippen molar-refractivity contribution < 1.29 is 14.3 Å². The second-order valence-electron chi connectivity index (χ2n) is 8.36. The normalized spacial score (nSPS) is 17.8. The van der Waals surface area contributed by atoms with Crippen molar-refractivity contribution in [3.8, 4) is 11.5 Å². The van der Waals surface area contributed by atoms with Gasteiger partial charge in [0.2, 0.25) is 11.9 Å². The number of nitrogens with zero attached hydrogens (tertiary/aromatic N) is 4. The molecule has 1 aromatic heterocycles. The van der Waals surface area contributed by atoms with Gasteiger partial charge in [-0.05, 0) is 29.7 Å².